The number of carbonyl (C=O) groups excluding carboxylic acids is 2. The highest BCUT2D eigenvalue weighted by atomic mass is 35.5. The smallest absolute Gasteiger partial charge is 0.322 e. The van der Waals surface area contributed by atoms with E-state index in [0.29, 0.717) is 34.4 Å². The van der Waals surface area contributed by atoms with Crippen molar-refractivity contribution in [2.45, 2.75) is 43.6 Å². The molecule has 1 heterocycles. The van der Waals surface area contributed by atoms with Crippen LogP contribution in [0.25, 0.3) is 0 Å². The van der Waals surface area contributed by atoms with E-state index >= 15 is 0 Å². The first-order valence-electron chi connectivity index (χ1n) is 7.80. The van der Waals surface area contributed by atoms with E-state index in [1.807, 2.05) is 0 Å². The lowest BCUT2D eigenvalue weighted by Gasteiger charge is -2.34. The van der Waals surface area contributed by atoms with Crippen LogP contribution in [0.3, 0.4) is 0 Å². The summed E-state index contributed by atoms with van der Waals surface area (Å²) in [6.45, 7) is 0.147. The van der Waals surface area contributed by atoms with Crippen molar-refractivity contribution in [2.24, 2.45) is 5.92 Å². The Morgan fingerprint density at radius 3 is 2.52 bits per heavy atom. The number of aliphatic hydroxyl groups excluding tert-OH is 1. The van der Waals surface area contributed by atoms with Crippen LogP contribution in [-0.2, 0) is 14.3 Å². The van der Waals surface area contributed by atoms with Crippen LogP contribution in [0.2, 0.25) is 10.0 Å². The number of hydrogen-bond donors (Lipinski definition) is 1. The van der Waals surface area contributed by atoms with Gasteiger partial charge < -0.3 is 9.84 Å². The molecule has 1 saturated heterocycles. The third-order valence-corrected chi connectivity index (χ3v) is 5.53. The van der Waals surface area contributed by atoms with Crippen molar-refractivity contribution in [3.05, 3.63) is 33.8 Å². The molecule has 1 spiro atoms. The molecule has 4 nitrogen and oxygen atoms in total. The Kier molecular flexibility index (Phi) is 4.68. The normalized spacial score (nSPS) is 30.7. The predicted molar refractivity (Wildman–Crippen MR) is 86.7 cm³/mol. The Labute approximate surface area is 144 Å². The van der Waals surface area contributed by atoms with Crippen LogP contribution in [0.4, 0.5) is 0 Å². The van der Waals surface area contributed by atoms with Crippen LogP contribution in [-0.4, -0.2) is 29.1 Å². The molecule has 1 N–H and O–H groups in total. The van der Waals surface area contributed by atoms with Gasteiger partial charge in [0, 0.05) is 16.7 Å². The van der Waals surface area contributed by atoms with Crippen LogP contribution < -0.4 is 0 Å². The van der Waals surface area contributed by atoms with Gasteiger partial charge in [-0.25, -0.2) is 0 Å². The fraction of sp³-hybridized carbons (Fsp3) is 0.529. The molecule has 23 heavy (non-hydrogen) atoms. The summed E-state index contributed by atoms with van der Waals surface area (Å²) in [4.78, 5) is 25.2. The molecule has 0 amide bonds. The highest BCUT2D eigenvalue weighted by molar-refractivity contribution is 6.35. The largest absolute Gasteiger partial charge is 0.450 e. The minimum Gasteiger partial charge on any atom is -0.450 e. The van der Waals surface area contributed by atoms with Crippen LogP contribution in [0.1, 0.15) is 43.6 Å². The van der Waals surface area contributed by atoms with Gasteiger partial charge in [-0.1, -0.05) is 29.3 Å². The van der Waals surface area contributed by atoms with E-state index in [2.05, 4.69) is 0 Å². The zero-order chi connectivity index (χ0) is 16.6. The van der Waals surface area contributed by atoms with Crippen molar-refractivity contribution in [2.75, 3.05) is 6.61 Å². The third kappa shape index (κ3) is 3.00. The molecule has 0 aromatic heterocycles. The molecule has 1 aliphatic carbocycles. The number of aliphatic hydroxyl groups is 1. The van der Waals surface area contributed by atoms with Gasteiger partial charge >= 0.3 is 5.97 Å². The van der Waals surface area contributed by atoms with Gasteiger partial charge in [-0.3, -0.25) is 9.59 Å². The Hall–Kier alpha value is -1.10. The maximum atomic E-state index is 12.9. The predicted octanol–water partition coefficient (Wildman–Crippen LogP) is 3.51. The van der Waals surface area contributed by atoms with Gasteiger partial charge in [-0.15, -0.1) is 0 Å². The SMILES string of the molecule is O=C1OC2(CCC(CCO)CC2)C(=O)C1c1ccc(Cl)cc1Cl. The summed E-state index contributed by atoms with van der Waals surface area (Å²) in [7, 11) is 0. The summed E-state index contributed by atoms with van der Waals surface area (Å²) in [5.41, 5.74) is -0.558. The van der Waals surface area contributed by atoms with Crippen LogP contribution >= 0.6 is 23.2 Å². The van der Waals surface area contributed by atoms with Gasteiger partial charge in [-0.2, -0.15) is 0 Å². The third-order valence-electron chi connectivity index (χ3n) is 4.97. The Morgan fingerprint density at radius 2 is 1.91 bits per heavy atom. The van der Waals surface area contributed by atoms with Crippen LogP contribution in [0, 0.1) is 5.92 Å². The van der Waals surface area contributed by atoms with E-state index in [1.54, 1.807) is 12.1 Å². The standard InChI is InChI=1S/C17H18Cl2O4/c18-11-1-2-12(13(19)9-11)14-15(21)17(23-16(14)22)6-3-10(4-7-17)5-8-20/h1-2,9-10,14,20H,3-8H2. The number of hydrogen-bond acceptors (Lipinski definition) is 4. The molecule has 1 aromatic rings. The van der Waals surface area contributed by atoms with E-state index in [-0.39, 0.29) is 12.4 Å². The summed E-state index contributed by atoms with van der Waals surface area (Å²) in [6.07, 6.45) is 3.32. The lowest BCUT2D eigenvalue weighted by molar-refractivity contribution is -0.156. The number of rotatable bonds is 3. The summed E-state index contributed by atoms with van der Waals surface area (Å²) in [6, 6.07) is 4.76. The summed E-state index contributed by atoms with van der Waals surface area (Å²) in [5, 5.41) is 9.80. The molecule has 0 bridgehead atoms. The second-order valence-corrected chi connectivity index (χ2v) is 7.18. The zero-order valence-electron chi connectivity index (χ0n) is 12.6. The molecule has 1 unspecified atom stereocenters. The molecule has 1 aromatic carbocycles. The van der Waals surface area contributed by atoms with Crippen molar-refractivity contribution in [1.29, 1.82) is 0 Å². The van der Waals surface area contributed by atoms with E-state index in [1.165, 1.54) is 6.07 Å². The summed E-state index contributed by atoms with van der Waals surface area (Å²) >= 11 is 12.0. The number of esters is 1. The maximum Gasteiger partial charge on any atom is 0.322 e. The molecule has 124 valence electrons. The fourth-order valence-corrected chi connectivity index (χ4v) is 4.16. The van der Waals surface area contributed by atoms with Crippen molar-refractivity contribution in [1.82, 2.24) is 0 Å². The van der Waals surface area contributed by atoms with E-state index in [4.69, 9.17) is 33.0 Å². The van der Waals surface area contributed by atoms with Crippen molar-refractivity contribution < 1.29 is 19.4 Å². The number of benzene rings is 1. The Morgan fingerprint density at radius 1 is 1.22 bits per heavy atom. The molecule has 1 aliphatic heterocycles. The zero-order valence-corrected chi connectivity index (χ0v) is 14.1. The monoisotopic (exact) mass is 356 g/mol. The van der Waals surface area contributed by atoms with Crippen molar-refractivity contribution >= 4 is 35.0 Å². The molecule has 2 fully saturated rings. The number of ether oxygens (including phenoxy) is 1. The molecule has 1 atom stereocenters. The van der Waals surface area contributed by atoms with Gasteiger partial charge in [0.2, 0.25) is 0 Å². The highest BCUT2D eigenvalue weighted by Crippen LogP contribution is 2.46. The van der Waals surface area contributed by atoms with Gasteiger partial charge in [0.25, 0.3) is 0 Å². The van der Waals surface area contributed by atoms with Gasteiger partial charge in [0.1, 0.15) is 5.92 Å². The molecule has 1 saturated carbocycles. The molecular weight excluding hydrogens is 339 g/mol. The number of halogens is 2. The second-order valence-electron chi connectivity index (χ2n) is 6.33. The Bertz CT molecular complexity index is 635. The average Bonchev–Trinajstić information content (AvgIpc) is 2.74. The van der Waals surface area contributed by atoms with Crippen molar-refractivity contribution in [3.63, 3.8) is 0 Å². The van der Waals surface area contributed by atoms with E-state index in [0.717, 1.165) is 19.3 Å². The molecule has 3 rings (SSSR count). The molecular formula is C17H18Cl2O4. The summed E-state index contributed by atoms with van der Waals surface area (Å²) in [5.74, 6) is -1.31. The minimum absolute atomic E-state index is 0.147. The first-order chi connectivity index (χ1) is 11.0. The maximum absolute atomic E-state index is 12.9. The first kappa shape index (κ1) is 16.7. The molecule has 6 heteroatoms. The second kappa shape index (κ2) is 6.42. The van der Waals surface area contributed by atoms with Crippen molar-refractivity contribution in [3.8, 4) is 0 Å². The first-order valence-corrected chi connectivity index (χ1v) is 8.55. The van der Waals surface area contributed by atoms with E-state index in [9.17, 15) is 9.59 Å². The van der Waals surface area contributed by atoms with Crippen LogP contribution in [0.5, 0.6) is 0 Å². The van der Waals surface area contributed by atoms with E-state index < -0.39 is 17.5 Å². The quantitative estimate of drug-likeness (QED) is 0.664. The lowest BCUT2D eigenvalue weighted by Crippen LogP contribution is -2.41. The number of Topliss-reactive ketones (excluding diaryl/α,β-unsaturated/α-hetero) is 1. The fourth-order valence-electron chi connectivity index (χ4n) is 3.64. The number of carbonyl (C=O) groups is 2. The average molecular weight is 357 g/mol. The van der Waals surface area contributed by atoms with Gasteiger partial charge in [0.15, 0.2) is 11.4 Å². The topological polar surface area (TPSA) is 63.6 Å². The molecule has 2 aliphatic rings. The number of ketones is 1. The highest BCUT2D eigenvalue weighted by Gasteiger charge is 2.56. The summed E-state index contributed by atoms with van der Waals surface area (Å²) < 4.78 is 5.54. The van der Waals surface area contributed by atoms with Crippen LogP contribution in [0.15, 0.2) is 18.2 Å². The lowest BCUT2D eigenvalue weighted by atomic mass is 9.73. The molecule has 0 radical (unpaired) electrons. The minimum atomic E-state index is -1.02. The van der Waals surface area contributed by atoms with Gasteiger partial charge in [-0.05, 0) is 55.7 Å². The van der Waals surface area contributed by atoms with Gasteiger partial charge in [0.05, 0.1) is 0 Å². The Balaban J connectivity index is 1.83.